The topological polar surface area (TPSA) is 78.9 Å². The van der Waals surface area contributed by atoms with Gasteiger partial charge >= 0.3 is 17.9 Å². The van der Waals surface area contributed by atoms with Gasteiger partial charge in [0.15, 0.2) is 6.10 Å². The molecule has 0 aromatic carbocycles. The second kappa shape index (κ2) is 58.9. The van der Waals surface area contributed by atoms with Crippen LogP contribution in [0.3, 0.4) is 0 Å². The molecule has 72 heavy (non-hydrogen) atoms. The zero-order valence-electron chi connectivity index (χ0n) is 46.1. The number of ether oxygens (including phenoxy) is 3. The van der Waals surface area contributed by atoms with Crippen molar-refractivity contribution in [3.05, 3.63) is 146 Å². The van der Waals surface area contributed by atoms with Crippen LogP contribution in [0.15, 0.2) is 146 Å². The molecule has 1 atom stereocenters. The third kappa shape index (κ3) is 56.2. The van der Waals surface area contributed by atoms with Crippen molar-refractivity contribution >= 4 is 17.9 Å². The first kappa shape index (κ1) is 67.3. The quantitative estimate of drug-likeness (QED) is 0.0261. The van der Waals surface area contributed by atoms with Gasteiger partial charge in [0.1, 0.15) is 13.2 Å². The molecule has 1 unspecified atom stereocenters. The Bertz CT molecular complexity index is 1610. The standard InChI is InChI=1S/C66H104O6/c1-4-7-10-13-15-17-19-21-23-25-26-27-28-29-30-31-32-33-34-35-36-37-38-39-40-41-43-44-46-48-50-53-56-59-65(68)71-62-63(61-70-64(67)58-55-52-12-9-6-3)72-66(69)60-57-54-51-49-47-45-42-24-22-20-18-16-14-11-8-5-2/h7,10,15,17-18,20-21,23-24,26-27,29-30,32-33,35-36,38-39,41-43,46,48,63H,4-6,8-9,11-14,16,19,22,25,28,31,34,37,40,44-45,47,49-62H2,1-3H3/b10-7-,17-15-,20-18-,23-21-,27-26-,30-29-,33-32-,36-35-,39-38-,42-24-,43-41-,48-46-. The first-order chi connectivity index (χ1) is 35.5. The third-order valence-electron chi connectivity index (χ3n) is 11.6. The molecule has 0 bridgehead atoms. The lowest BCUT2D eigenvalue weighted by Gasteiger charge is -2.18. The van der Waals surface area contributed by atoms with Crippen molar-refractivity contribution in [3.63, 3.8) is 0 Å². The highest BCUT2D eigenvalue weighted by atomic mass is 16.6. The normalized spacial score (nSPS) is 13.2. The summed E-state index contributed by atoms with van der Waals surface area (Å²) in [6.07, 6.45) is 84.6. The number of hydrogen-bond acceptors (Lipinski definition) is 6. The zero-order valence-corrected chi connectivity index (χ0v) is 46.1. The van der Waals surface area contributed by atoms with Crippen LogP contribution < -0.4 is 0 Å². The second-order valence-electron chi connectivity index (χ2n) is 18.5. The van der Waals surface area contributed by atoms with E-state index in [1.807, 2.05) is 0 Å². The molecule has 0 saturated carbocycles. The number of rotatable bonds is 50. The number of allylic oxidation sites excluding steroid dienone is 24. The highest BCUT2D eigenvalue weighted by molar-refractivity contribution is 5.71. The Morgan fingerprint density at radius 1 is 0.292 bits per heavy atom. The van der Waals surface area contributed by atoms with Crippen LogP contribution in [0.2, 0.25) is 0 Å². The number of hydrogen-bond donors (Lipinski definition) is 0. The van der Waals surface area contributed by atoms with E-state index in [-0.39, 0.29) is 31.1 Å². The number of carbonyl (C=O) groups excluding carboxylic acids is 3. The van der Waals surface area contributed by atoms with Crippen LogP contribution in [-0.4, -0.2) is 37.2 Å². The van der Waals surface area contributed by atoms with Gasteiger partial charge in [-0.1, -0.05) is 231 Å². The van der Waals surface area contributed by atoms with E-state index in [0.717, 1.165) is 154 Å². The van der Waals surface area contributed by atoms with E-state index in [9.17, 15) is 14.4 Å². The van der Waals surface area contributed by atoms with E-state index in [4.69, 9.17) is 14.2 Å². The van der Waals surface area contributed by atoms with Gasteiger partial charge in [-0.05, 0) is 128 Å². The van der Waals surface area contributed by atoms with Crippen molar-refractivity contribution in [3.8, 4) is 0 Å². The summed E-state index contributed by atoms with van der Waals surface area (Å²) >= 11 is 0. The van der Waals surface area contributed by atoms with Crippen molar-refractivity contribution in [2.75, 3.05) is 13.2 Å². The molecule has 0 radical (unpaired) electrons. The number of unbranched alkanes of at least 4 members (excludes halogenated alkanes) is 15. The monoisotopic (exact) mass is 993 g/mol. The van der Waals surface area contributed by atoms with Gasteiger partial charge in [-0.15, -0.1) is 0 Å². The van der Waals surface area contributed by atoms with Gasteiger partial charge < -0.3 is 14.2 Å². The Balaban J connectivity index is 4.22. The van der Waals surface area contributed by atoms with E-state index in [1.165, 1.54) is 32.1 Å². The molecule has 0 N–H and O–H groups in total. The molecule has 0 aliphatic carbocycles. The second-order valence-corrected chi connectivity index (χ2v) is 18.5. The van der Waals surface area contributed by atoms with E-state index in [1.54, 1.807) is 0 Å². The Labute approximate surface area is 442 Å². The smallest absolute Gasteiger partial charge is 0.306 e. The number of esters is 3. The molecule has 0 saturated heterocycles. The van der Waals surface area contributed by atoms with Gasteiger partial charge in [-0.25, -0.2) is 0 Å². The van der Waals surface area contributed by atoms with E-state index in [0.29, 0.717) is 25.7 Å². The average Bonchev–Trinajstić information content (AvgIpc) is 3.38. The van der Waals surface area contributed by atoms with Crippen LogP contribution in [0.4, 0.5) is 0 Å². The SMILES string of the molecule is CC/C=C\C/C=C\C/C=C\C/C=C\C/C=C\C/C=C\C/C=C\C/C=C\C/C=C\C/C=C\CCCCC(=O)OCC(COC(=O)CCCCCCC)OC(=O)CCCCCCC/C=C\C/C=C\CCCCCC. The van der Waals surface area contributed by atoms with Crippen LogP contribution in [0.1, 0.15) is 233 Å². The van der Waals surface area contributed by atoms with Crippen molar-refractivity contribution in [1.29, 1.82) is 0 Å². The molecule has 0 aliphatic heterocycles. The van der Waals surface area contributed by atoms with Crippen molar-refractivity contribution in [1.82, 2.24) is 0 Å². The summed E-state index contributed by atoms with van der Waals surface area (Å²) in [4.78, 5) is 37.7. The van der Waals surface area contributed by atoms with Crippen LogP contribution in [0.5, 0.6) is 0 Å². The molecular formula is C66H104O6. The minimum absolute atomic E-state index is 0.103. The first-order valence-electron chi connectivity index (χ1n) is 28.8. The minimum atomic E-state index is -0.805. The molecule has 0 amide bonds. The minimum Gasteiger partial charge on any atom is -0.462 e. The average molecular weight is 994 g/mol. The first-order valence-corrected chi connectivity index (χ1v) is 28.8. The molecule has 0 heterocycles. The summed E-state index contributed by atoms with van der Waals surface area (Å²) in [6.45, 7) is 6.35. The maximum atomic E-state index is 12.7. The van der Waals surface area contributed by atoms with Crippen molar-refractivity contribution < 1.29 is 28.6 Å². The maximum absolute atomic E-state index is 12.7. The molecule has 6 heteroatoms. The fourth-order valence-corrected chi connectivity index (χ4v) is 7.26. The summed E-state index contributed by atoms with van der Waals surface area (Å²) in [6, 6.07) is 0. The molecule has 404 valence electrons. The fraction of sp³-hybridized carbons (Fsp3) is 0.591. The molecule has 0 rings (SSSR count). The van der Waals surface area contributed by atoms with Gasteiger partial charge in [0.05, 0.1) is 0 Å². The van der Waals surface area contributed by atoms with Crippen LogP contribution in [-0.2, 0) is 28.6 Å². The highest BCUT2D eigenvalue weighted by Crippen LogP contribution is 2.12. The lowest BCUT2D eigenvalue weighted by Crippen LogP contribution is -2.30. The lowest BCUT2D eigenvalue weighted by molar-refractivity contribution is -0.167. The summed E-state index contributed by atoms with van der Waals surface area (Å²) in [7, 11) is 0. The lowest BCUT2D eigenvalue weighted by atomic mass is 10.1. The Morgan fingerprint density at radius 3 is 0.889 bits per heavy atom. The molecule has 0 fully saturated rings. The summed E-state index contributed by atoms with van der Waals surface area (Å²) in [5, 5.41) is 0. The molecule has 0 aromatic heterocycles. The highest BCUT2D eigenvalue weighted by Gasteiger charge is 2.19. The molecule has 0 aliphatic rings. The van der Waals surface area contributed by atoms with Crippen molar-refractivity contribution in [2.45, 2.75) is 239 Å². The van der Waals surface area contributed by atoms with Crippen molar-refractivity contribution in [2.24, 2.45) is 0 Å². The van der Waals surface area contributed by atoms with Gasteiger partial charge in [0, 0.05) is 19.3 Å². The molecular weight excluding hydrogens is 889 g/mol. The van der Waals surface area contributed by atoms with Gasteiger partial charge in [0.2, 0.25) is 0 Å². The summed E-state index contributed by atoms with van der Waals surface area (Å²) in [5.41, 5.74) is 0. The van der Waals surface area contributed by atoms with E-state index >= 15 is 0 Å². The van der Waals surface area contributed by atoms with Crippen LogP contribution in [0.25, 0.3) is 0 Å². The Morgan fingerprint density at radius 2 is 0.542 bits per heavy atom. The Hall–Kier alpha value is -4.71. The summed E-state index contributed by atoms with van der Waals surface area (Å²) < 4.78 is 16.6. The molecule has 0 spiro atoms. The number of carbonyl (C=O) groups is 3. The van der Waals surface area contributed by atoms with Gasteiger partial charge in [0.25, 0.3) is 0 Å². The van der Waals surface area contributed by atoms with E-state index in [2.05, 4.69) is 167 Å². The third-order valence-corrected chi connectivity index (χ3v) is 11.6. The van der Waals surface area contributed by atoms with Crippen LogP contribution in [0, 0.1) is 0 Å². The van der Waals surface area contributed by atoms with Gasteiger partial charge in [-0.2, -0.15) is 0 Å². The van der Waals surface area contributed by atoms with E-state index < -0.39 is 6.10 Å². The largest absolute Gasteiger partial charge is 0.462 e. The summed E-state index contributed by atoms with van der Waals surface area (Å²) in [5.74, 6) is -0.985. The predicted octanol–water partition coefficient (Wildman–Crippen LogP) is 19.6. The Kier molecular flexibility index (Phi) is 55.0. The predicted molar refractivity (Wildman–Crippen MR) is 311 cm³/mol. The van der Waals surface area contributed by atoms with Gasteiger partial charge in [-0.3, -0.25) is 14.4 Å². The van der Waals surface area contributed by atoms with Crippen LogP contribution >= 0.6 is 0 Å². The maximum Gasteiger partial charge on any atom is 0.306 e. The zero-order chi connectivity index (χ0) is 52.2. The molecule has 6 nitrogen and oxygen atoms in total. The fourth-order valence-electron chi connectivity index (χ4n) is 7.26. The molecule has 0 aromatic rings.